The molecule has 0 unspecified atom stereocenters. The molecule has 26 heavy (non-hydrogen) atoms. The molecule has 2 bridgehead atoms. The van der Waals surface area contributed by atoms with Gasteiger partial charge in [-0.25, -0.2) is 0 Å². The number of ether oxygens (including phenoxy) is 1. The Morgan fingerprint density at radius 2 is 1.88 bits per heavy atom. The van der Waals surface area contributed by atoms with Crippen LogP contribution in [0.5, 0.6) is 0 Å². The molecule has 7 atom stereocenters. The van der Waals surface area contributed by atoms with Crippen molar-refractivity contribution in [3.05, 3.63) is 12.7 Å². The monoisotopic (exact) mass is 360 g/mol. The first-order valence-electron chi connectivity index (χ1n) is 9.90. The summed E-state index contributed by atoms with van der Waals surface area (Å²) in [5, 5.41) is 0. The first-order chi connectivity index (χ1) is 12.0. The van der Waals surface area contributed by atoms with Crippen molar-refractivity contribution in [1.82, 2.24) is 0 Å². The Kier molecular flexibility index (Phi) is 4.48. The molecular weight excluding hydrogens is 328 g/mol. The molecule has 0 aromatic heterocycles. The fourth-order valence-corrected chi connectivity index (χ4v) is 6.50. The van der Waals surface area contributed by atoms with E-state index in [0.29, 0.717) is 6.42 Å². The molecule has 4 nitrogen and oxygen atoms in total. The summed E-state index contributed by atoms with van der Waals surface area (Å²) in [4.78, 5) is 38.4. The van der Waals surface area contributed by atoms with Crippen LogP contribution in [0.25, 0.3) is 0 Å². The van der Waals surface area contributed by atoms with Crippen LogP contribution in [0.4, 0.5) is 0 Å². The third-order valence-corrected chi connectivity index (χ3v) is 8.31. The molecule has 3 rings (SSSR count). The summed E-state index contributed by atoms with van der Waals surface area (Å²) in [5.41, 5.74) is -1.52. The molecule has 0 amide bonds. The molecule has 0 radical (unpaired) electrons. The van der Waals surface area contributed by atoms with E-state index in [4.69, 9.17) is 4.74 Å². The van der Waals surface area contributed by atoms with Crippen LogP contribution in [-0.2, 0) is 19.1 Å². The van der Waals surface area contributed by atoms with E-state index >= 15 is 0 Å². The van der Waals surface area contributed by atoms with Crippen molar-refractivity contribution in [3.8, 4) is 0 Å². The predicted molar refractivity (Wildman–Crippen MR) is 99.3 cm³/mol. The molecule has 0 spiro atoms. The minimum absolute atomic E-state index is 0.00535. The Labute approximate surface area is 156 Å². The number of carbonyl (C=O) groups is 3. The van der Waals surface area contributed by atoms with E-state index in [-0.39, 0.29) is 47.1 Å². The van der Waals surface area contributed by atoms with Crippen LogP contribution in [0.3, 0.4) is 0 Å². The lowest BCUT2D eigenvalue weighted by Gasteiger charge is -2.59. The molecule has 0 N–H and O–H groups in total. The number of rotatable bonds is 2. The molecule has 0 aromatic carbocycles. The third kappa shape index (κ3) is 2.36. The lowest BCUT2D eigenvalue weighted by Crippen LogP contribution is -2.61. The van der Waals surface area contributed by atoms with E-state index in [1.165, 1.54) is 6.92 Å². The van der Waals surface area contributed by atoms with Gasteiger partial charge in [0.05, 0.1) is 0 Å². The van der Waals surface area contributed by atoms with Gasteiger partial charge in [0, 0.05) is 42.4 Å². The van der Waals surface area contributed by atoms with Crippen molar-refractivity contribution in [2.75, 3.05) is 0 Å². The summed E-state index contributed by atoms with van der Waals surface area (Å²) in [5.74, 6) is -0.0582. The van der Waals surface area contributed by atoms with Crippen LogP contribution in [0.1, 0.15) is 66.7 Å². The fourth-order valence-electron chi connectivity index (χ4n) is 6.50. The van der Waals surface area contributed by atoms with Crippen LogP contribution in [0, 0.1) is 34.0 Å². The van der Waals surface area contributed by atoms with Gasteiger partial charge in [0.15, 0.2) is 0 Å². The highest BCUT2D eigenvalue weighted by Gasteiger charge is 2.68. The molecular formula is C22H32O4. The Hall–Kier alpha value is -1.45. The van der Waals surface area contributed by atoms with Gasteiger partial charge in [-0.05, 0) is 30.6 Å². The second kappa shape index (κ2) is 6.03. The molecule has 4 heteroatoms. The highest BCUT2D eigenvalue weighted by atomic mass is 16.5. The molecule has 3 saturated carbocycles. The Balaban J connectivity index is 2.23. The third-order valence-electron chi connectivity index (χ3n) is 8.31. The highest BCUT2D eigenvalue weighted by molar-refractivity contribution is 5.95. The smallest absolute Gasteiger partial charge is 0.302 e. The highest BCUT2D eigenvalue weighted by Crippen LogP contribution is 2.66. The number of carbonyl (C=O) groups excluding carboxylic acids is 3. The van der Waals surface area contributed by atoms with Crippen molar-refractivity contribution in [2.45, 2.75) is 72.8 Å². The van der Waals surface area contributed by atoms with Gasteiger partial charge in [-0.15, -0.1) is 6.58 Å². The molecule has 0 heterocycles. The molecule has 0 aromatic rings. The van der Waals surface area contributed by atoms with E-state index < -0.39 is 16.9 Å². The van der Waals surface area contributed by atoms with Crippen LogP contribution in [-0.4, -0.2) is 23.6 Å². The first-order valence-corrected chi connectivity index (χ1v) is 9.90. The quantitative estimate of drug-likeness (QED) is 0.549. The average Bonchev–Trinajstić information content (AvgIpc) is 2.93. The standard InChI is InChI=1S/C22H32O4/c1-7-20(5)12-17(25)21(6)13(2)8-10-22(11-9-16(24)18(21)22)14(3)19(20)26-15(4)23/h7,13-14,18-19H,1,8-12H2,2-6H3/t13-,14+,18-,19+,20-,21+,22+/m1/s1. The number of hydrogen-bond donors (Lipinski definition) is 0. The molecule has 3 fully saturated rings. The first kappa shape index (κ1) is 19.3. The zero-order chi connectivity index (χ0) is 19.5. The van der Waals surface area contributed by atoms with Gasteiger partial charge in [0.25, 0.3) is 0 Å². The minimum atomic E-state index is -0.633. The lowest BCUT2D eigenvalue weighted by molar-refractivity contribution is -0.184. The summed E-state index contributed by atoms with van der Waals surface area (Å²) >= 11 is 0. The van der Waals surface area contributed by atoms with Crippen molar-refractivity contribution < 1.29 is 19.1 Å². The molecule has 3 aliphatic rings. The van der Waals surface area contributed by atoms with Crippen molar-refractivity contribution >= 4 is 17.5 Å². The van der Waals surface area contributed by atoms with Gasteiger partial charge < -0.3 is 4.74 Å². The maximum atomic E-state index is 13.6. The second-order valence-electron chi connectivity index (χ2n) is 9.48. The van der Waals surface area contributed by atoms with Gasteiger partial charge in [-0.2, -0.15) is 0 Å². The van der Waals surface area contributed by atoms with Crippen LogP contribution >= 0.6 is 0 Å². The van der Waals surface area contributed by atoms with Crippen molar-refractivity contribution in [1.29, 1.82) is 0 Å². The Bertz CT molecular complexity index is 667. The summed E-state index contributed by atoms with van der Waals surface area (Å²) in [6.07, 6.45) is 4.78. The Morgan fingerprint density at radius 3 is 2.46 bits per heavy atom. The van der Waals surface area contributed by atoms with Crippen molar-refractivity contribution in [3.63, 3.8) is 0 Å². The molecule has 3 aliphatic carbocycles. The lowest BCUT2D eigenvalue weighted by atomic mass is 9.44. The van der Waals surface area contributed by atoms with Crippen LogP contribution < -0.4 is 0 Å². The summed E-state index contributed by atoms with van der Waals surface area (Å²) in [6.45, 7) is 13.6. The summed E-state index contributed by atoms with van der Waals surface area (Å²) in [7, 11) is 0. The number of esters is 1. The molecule has 0 saturated heterocycles. The number of hydrogen-bond acceptors (Lipinski definition) is 4. The maximum Gasteiger partial charge on any atom is 0.302 e. The SMILES string of the molecule is C=C[C@]1(C)CC(=O)[C@]2(C)[C@H](C)CC[C@]3(CCC(=O)[C@@H]32)[C@@H](C)[C@@H]1OC(C)=O. The van der Waals surface area contributed by atoms with Crippen LogP contribution in [0.15, 0.2) is 12.7 Å². The fraction of sp³-hybridized carbons (Fsp3) is 0.773. The topological polar surface area (TPSA) is 60.4 Å². The summed E-state index contributed by atoms with van der Waals surface area (Å²) in [6, 6.07) is 0. The summed E-state index contributed by atoms with van der Waals surface area (Å²) < 4.78 is 5.81. The Morgan fingerprint density at radius 1 is 1.23 bits per heavy atom. The van der Waals surface area contributed by atoms with Gasteiger partial charge in [-0.1, -0.05) is 33.8 Å². The normalized spacial score (nSPS) is 48.3. The predicted octanol–water partition coefficient (Wildman–Crippen LogP) is 4.12. The van der Waals surface area contributed by atoms with E-state index in [9.17, 15) is 14.4 Å². The van der Waals surface area contributed by atoms with E-state index in [2.05, 4.69) is 20.4 Å². The van der Waals surface area contributed by atoms with Gasteiger partial charge in [-0.3, -0.25) is 14.4 Å². The largest absolute Gasteiger partial charge is 0.461 e. The van der Waals surface area contributed by atoms with Crippen LogP contribution in [0.2, 0.25) is 0 Å². The van der Waals surface area contributed by atoms with E-state index in [0.717, 1.165) is 19.3 Å². The van der Waals surface area contributed by atoms with E-state index in [1.54, 1.807) is 6.08 Å². The van der Waals surface area contributed by atoms with E-state index in [1.807, 2.05) is 13.8 Å². The van der Waals surface area contributed by atoms with Gasteiger partial charge in [0.1, 0.15) is 17.7 Å². The average molecular weight is 360 g/mol. The zero-order valence-corrected chi connectivity index (χ0v) is 16.8. The second-order valence-corrected chi connectivity index (χ2v) is 9.48. The minimum Gasteiger partial charge on any atom is -0.461 e. The molecule has 0 aliphatic heterocycles. The number of ketones is 2. The zero-order valence-electron chi connectivity index (χ0n) is 16.8. The number of Topliss-reactive ketones (excluding diaryl/α,β-unsaturated/α-hetero) is 2. The van der Waals surface area contributed by atoms with Gasteiger partial charge >= 0.3 is 5.97 Å². The maximum absolute atomic E-state index is 13.6. The molecule has 144 valence electrons. The van der Waals surface area contributed by atoms with Crippen molar-refractivity contribution in [2.24, 2.45) is 34.0 Å². The van der Waals surface area contributed by atoms with Gasteiger partial charge in [0.2, 0.25) is 0 Å².